The monoisotopic (exact) mass is 225 g/mol. The summed E-state index contributed by atoms with van der Waals surface area (Å²) < 4.78 is 6.64. The lowest BCUT2D eigenvalue weighted by molar-refractivity contribution is 0.183. The minimum Gasteiger partial charge on any atom is -0.385 e. The first-order valence-corrected chi connectivity index (χ1v) is 5.34. The van der Waals surface area contributed by atoms with Crippen molar-refractivity contribution in [2.75, 3.05) is 18.9 Å². The summed E-state index contributed by atoms with van der Waals surface area (Å²) >= 11 is 0. The Bertz CT molecular complexity index is 471. The Morgan fingerprint density at radius 3 is 3.00 bits per heavy atom. The van der Waals surface area contributed by atoms with E-state index in [1.54, 1.807) is 0 Å². The first-order valence-electron chi connectivity index (χ1n) is 5.34. The van der Waals surface area contributed by atoms with E-state index in [0.717, 1.165) is 26.1 Å². The normalized spacial score (nSPS) is 20.1. The molecule has 6 heteroatoms. The zero-order chi connectivity index (χ0) is 11.5. The quantitative estimate of drug-likeness (QED) is 0.728. The smallest absolute Gasteiger partial charge is 0.329 e. The molecule has 88 valence electrons. The maximum atomic E-state index is 11.5. The molecule has 1 atom stereocenters. The van der Waals surface area contributed by atoms with Crippen LogP contribution in [0.15, 0.2) is 15.7 Å². The van der Waals surface area contributed by atoms with Gasteiger partial charge in [0.15, 0.2) is 0 Å². The van der Waals surface area contributed by atoms with Gasteiger partial charge < -0.3 is 10.5 Å². The van der Waals surface area contributed by atoms with Crippen molar-refractivity contribution in [3.05, 3.63) is 26.9 Å². The standard InChI is InChI=1S/C10H15N3O3/c11-8-5-9(14)12-10(15)13(8)3-1-7-2-4-16-6-7/h5,7H,1-4,6,11H2,(H,12,14,15). The van der Waals surface area contributed by atoms with Crippen LogP contribution in [0.3, 0.4) is 0 Å². The lowest BCUT2D eigenvalue weighted by Gasteiger charge is -2.10. The van der Waals surface area contributed by atoms with Gasteiger partial charge in [0, 0.05) is 25.8 Å². The van der Waals surface area contributed by atoms with Gasteiger partial charge in [0.05, 0.1) is 0 Å². The number of nitrogens with zero attached hydrogens (tertiary/aromatic N) is 1. The number of aromatic amines is 1. The number of rotatable bonds is 3. The summed E-state index contributed by atoms with van der Waals surface area (Å²) in [6, 6.07) is 1.23. The van der Waals surface area contributed by atoms with Crippen LogP contribution < -0.4 is 17.0 Å². The van der Waals surface area contributed by atoms with Gasteiger partial charge in [0.1, 0.15) is 5.82 Å². The van der Waals surface area contributed by atoms with E-state index in [-0.39, 0.29) is 5.82 Å². The van der Waals surface area contributed by atoms with Gasteiger partial charge in [-0.05, 0) is 18.8 Å². The lowest BCUT2D eigenvalue weighted by atomic mass is 10.1. The largest absolute Gasteiger partial charge is 0.385 e. The number of H-pyrrole nitrogens is 1. The molecule has 0 radical (unpaired) electrons. The topological polar surface area (TPSA) is 90.1 Å². The third kappa shape index (κ3) is 2.33. The molecular weight excluding hydrogens is 210 g/mol. The second-order valence-electron chi connectivity index (χ2n) is 4.03. The van der Waals surface area contributed by atoms with Crippen molar-refractivity contribution in [1.82, 2.24) is 9.55 Å². The van der Waals surface area contributed by atoms with E-state index >= 15 is 0 Å². The molecule has 1 unspecified atom stereocenters. The van der Waals surface area contributed by atoms with Crippen molar-refractivity contribution in [2.45, 2.75) is 19.4 Å². The lowest BCUT2D eigenvalue weighted by Crippen LogP contribution is -2.31. The number of nitrogen functional groups attached to an aromatic ring is 1. The Hall–Kier alpha value is -1.56. The van der Waals surface area contributed by atoms with E-state index in [2.05, 4.69) is 4.98 Å². The van der Waals surface area contributed by atoms with Gasteiger partial charge in [-0.3, -0.25) is 14.3 Å². The highest BCUT2D eigenvalue weighted by Gasteiger charge is 2.16. The maximum Gasteiger partial charge on any atom is 0.329 e. The SMILES string of the molecule is Nc1cc(=O)[nH]c(=O)n1CCC1CCOC1. The summed E-state index contributed by atoms with van der Waals surface area (Å²) in [6.45, 7) is 2.06. The summed E-state index contributed by atoms with van der Waals surface area (Å²) in [5, 5.41) is 0. The van der Waals surface area contributed by atoms with Crippen LogP contribution in [-0.2, 0) is 11.3 Å². The van der Waals surface area contributed by atoms with Crippen LogP contribution in [0.2, 0.25) is 0 Å². The summed E-state index contributed by atoms with van der Waals surface area (Å²) in [4.78, 5) is 24.6. The van der Waals surface area contributed by atoms with E-state index in [1.165, 1.54) is 10.6 Å². The molecule has 0 aromatic carbocycles. The van der Waals surface area contributed by atoms with E-state index in [9.17, 15) is 9.59 Å². The van der Waals surface area contributed by atoms with Gasteiger partial charge in [-0.15, -0.1) is 0 Å². The van der Waals surface area contributed by atoms with Crippen LogP contribution in [-0.4, -0.2) is 22.8 Å². The molecule has 16 heavy (non-hydrogen) atoms. The predicted molar refractivity (Wildman–Crippen MR) is 59.3 cm³/mol. The van der Waals surface area contributed by atoms with E-state index in [1.807, 2.05) is 0 Å². The van der Waals surface area contributed by atoms with Crippen molar-refractivity contribution in [2.24, 2.45) is 5.92 Å². The third-order valence-corrected chi connectivity index (χ3v) is 2.85. The number of ether oxygens (including phenoxy) is 1. The molecule has 0 amide bonds. The van der Waals surface area contributed by atoms with Crippen molar-refractivity contribution < 1.29 is 4.74 Å². The Balaban J connectivity index is 2.09. The Morgan fingerprint density at radius 1 is 1.56 bits per heavy atom. The molecule has 3 N–H and O–H groups in total. The Labute approximate surface area is 92.0 Å². The maximum absolute atomic E-state index is 11.5. The fourth-order valence-electron chi connectivity index (χ4n) is 1.89. The van der Waals surface area contributed by atoms with Gasteiger partial charge in [-0.1, -0.05) is 0 Å². The zero-order valence-electron chi connectivity index (χ0n) is 8.94. The van der Waals surface area contributed by atoms with Crippen LogP contribution in [0.25, 0.3) is 0 Å². The fraction of sp³-hybridized carbons (Fsp3) is 0.600. The third-order valence-electron chi connectivity index (χ3n) is 2.85. The van der Waals surface area contributed by atoms with Crippen molar-refractivity contribution in [3.63, 3.8) is 0 Å². The van der Waals surface area contributed by atoms with Crippen LogP contribution in [0.4, 0.5) is 5.82 Å². The first-order chi connectivity index (χ1) is 7.66. The van der Waals surface area contributed by atoms with Crippen LogP contribution in [0.5, 0.6) is 0 Å². The number of hydrogen-bond acceptors (Lipinski definition) is 4. The molecule has 1 fully saturated rings. The minimum atomic E-state index is -0.456. The number of anilines is 1. The molecular formula is C10H15N3O3. The highest BCUT2D eigenvalue weighted by atomic mass is 16.5. The Kier molecular flexibility index (Phi) is 3.09. The van der Waals surface area contributed by atoms with Crippen LogP contribution >= 0.6 is 0 Å². The molecule has 1 saturated heterocycles. The number of nitrogens with two attached hydrogens (primary N) is 1. The molecule has 6 nitrogen and oxygen atoms in total. The number of aromatic nitrogens is 2. The molecule has 1 aromatic heterocycles. The van der Waals surface area contributed by atoms with E-state index < -0.39 is 11.2 Å². The molecule has 0 aliphatic carbocycles. The minimum absolute atomic E-state index is 0.215. The van der Waals surface area contributed by atoms with Gasteiger partial charge in [0.2, 0.25) is 0 Å². The summed E-state index contributed by atoms with van der Waals surface area (Å²) in [6.07, 6.45) is 1.87. The average Bonchev–Trinajstić information content (AvgIpc) is 2.68. The van der Waals surface area contributed by atoms with E-state index in [4.69, 9.17) is 10.5 Å². The molecule has 2 rings (SSSR count). The number of nitrogens with one attached hydrogen (secondary N) is 1. The predicted octanol–water partition coefficient (Wildman–Crippen LogP) is -0.455. The molecule has 1 aliphatic heterocycles. The molecule has 0 saturated carbocycles. The van der Waals surface area contributed by atoms with Crippen molar-refractivity contribution >= 4 is 5.82 Å². The molecule has 0 bridgehead atoms. The van der Waals surface area contributed by atoms with Crippen LogP contribution in [0, 0.1) is 5.92 Å². The summed E-state index contributed by atoms with van der Waals surface area (Å²) in [5.74, 6) is 0.700. The van der Waals surface area contributed by atoms with Gasteiger partial charge in [0.25, 0.3) is 5.56 Å². The second-order valence-corrected chi connectivity index (χ2v) is 4.03. The highest BCUT2D eigenvalue weighted by Crippen LogP contribution is 2.16. The first kappa shape index (κ1) is 10.9. The van der Waals surface area contributed by atoms with Crippen molar-refractivity contribution in [3.8, 4) is 0 Å². The van der Waals surface area contributed by atoms with Gasteiger partial charge in [-0.2, -0.15) is 0 Å². The summed E-state index contributed by atoms with van der Waals surface area (Å²) in [5.41, 5.74) is 4.72. The van der Waals surface area contributed by atoms with E-state index in [0.29, 0.717) is 12.5 Å². The second kappa shape index (κ2) is 4.52. The molecule has 1 aliphatic rings. The fourth-order valence-corrected chi connectivity index (χ4v) is 1.89. The summed E-state index contributed by atoms with van der Waals surface area (Å²) in [7, 11) is 0. The number of hydrogen-bond donors (Lipinski definition) is 2. The van der Waals surface area contributed by atoms with Gasteiger partial charge in [-0.25, -0.2) is 4.79 Å². The van der Waals surface area contributed by atoms with Crippen molar-refractivity contribution in [1.29, 1.82) is 0 Å². The zero-order valence-corrected chi connectivity index (χ0v) is 8.94. The molecule has 1 aromatic rings. The Morgan fingerprint density at radius 2 is 2.38 bits per heavy atom. The molecule has 0 spiro atoms. The molecule has 2 heterocycles. The van der Waals surface area contributed by atoms with Crippen LogP contribution in [0.1, 0.15) is 12.8 Å². The van der Waals surface area contributed by atoms with Gasteiger partial charge >= 0.3 is 5.69 Å². The average molecular weight is 225 g/mol. The highest BCUT2D eigenvalue weighted by molar-refractivity contribution is 5.25.